The number of carbonyl (C=O) groups is 1. The van der Waals surface area contributed by atoms with Crippen molar-refractivity contribution in [1.29, 1.82) is 5.26 Å². The predicted octanol–water partition coefficient (Wildman–Crippen LogP) is 5.93. The molecule has 2 N–H and O–H groups in total. The van der Waals surface area contributed by atoms with E-state index in [1.807, 2.05) is 0 Å². The number of carbonyl (C=O) groups excluding carboxylic acids is 1. The van der Waals surface area contributed by atoms with E-state index in [1.54, 1.807) is 35.6 Å². The van der Waals surface area contributed by atoms with Gasteiger partial charge in [-0.15, -0.1) is 11.3 Å². The van der Waals surface area contributed by atoms with Gasteiger partial charge in [0.1, 0.15) is 16.8 Å². The molecule has 5 nitrogen and oxygen atoms in total. The smallest absolute Gasteiger partial charge is 0.257 e. The zero-order valence-electron chi connectivity index (χ0n) is 19.4. The third kappa shape index (κ3) is 5.87. The molecule has 0 unspecified atom stereocenters. The van der Waals surface area contributed by atoms with Crippen molar-refractivity contribution >= 4 is 39.6 Å². The fraction of sp³-hybridized carbons (Fsp3) is 0.480. The first-order chi connectivity index (χ1) is 15.1. The molecule has 0 aliphatic heterocycles. The van der Waals surface area contributed by atoms with E-state index < -0.39 is 0 Å². The third-order valence-electron chi connectivity index (χ3n) is 5.76. The van der Waals surface area contributed by atoms with Crippen LogP contribution in [0, 0.1) is 28.6 Å². The first-order valence-corrected chi connectivity index (χ1v) is 12.2. The second kappa shape index (κ2) is 10.0. The highest BCUT2D eigenvalue weighted by atomic mass is 32.1. The second-order valence-corrected chi connectivity index (χ2v) is 11.3. The fourth-order valence-electron chi connectivity index (χ4n) is 3.81. The molecule has 0 bridgehead atoms. The number of nitrogens with zero attached hydrogens (tertiary/aromatic N) is 1. The summed E-state index contributed by atoms with van der Waals surface area (Å²) in [6, 6.07) is 9.32. The lowest BCUT2D eigenvalue weighted by molar-refractivity contribution is 0.0977. The van der Waals surface area contributed by atoms with Gasteiger partial charge in [0.25, 0.3) is 5.91 Å². The van der Waals surface area contributed by atoms with Crippen LogP contribution in [0.15, 0.2) is 24.3 Å². The monoisotopic (exact) mass is 469 g/mol. The van der Waals surface area contributed by atoms with Crippen LogP contribution in [0.4, 0.5) is 5.00 Å². The van der Waals surface area contributed by atoms with E-state index in [1.165, 1.54) is 4.88 Å². The van der Waals surface area contributed by atoms with Gasteiger partial charge in [-0.3, -0.25) is 10.1 Å². The van der Waals surface area contributed by atoms with Crippen molar-refractivity contribution in [1.82, 2.24) is 5.32 Å². The molecule has 2 aromatic rings. The van der Waals surface area contributed by atoms with Crippen LogP contribution in [-0.4, -0.2) is 17.6 Å². The van der Waals surface area contributed by atoms with Gasteiger partial charge in [-0.1, -0.05) is 34.6 Å². The van der Waals surface area contributed by atoms with Crippen molar-refractivity contribution in [3.05, 3.63) is 45.8 Å². The highest BCUT2D eigenvalue weighted by Gasteiger charge is 2.32. The molecule has 0 fully saturated rings. The lowest BCUT2D eigenvalue weighted by Crippen LogP contribution is -2.34. The van der Waals surface area contributed by atoms with Crippen molar-refractivity contribution in [2.24, 2.45) is 17.3 Å². The van der Waals surface area contributed by atoms with Gasteiger partial charge in [0.2, 0.25) is 0 Å². The molecular formula is C25H31N3O2S2. The Bertz CT molecular complexity index is 1030. The first-order valence-electron chi connectivity index (χ1n) is 11.0. The maximum atomic E-state index is 12.6. The lowest BCUT2D eigenvalue weighted by atomic mass is 9.72. The molecule has 0 saturated heterocycles. The Labute approximate surface area is 200 Å². The minimum absolute atomic E-state index is 0.192. The molecule has 1 heterocycles. The van der Waals surface area contributed by atoms with Gasteiger partial charge in [0.05, 0.1) is 12.2 Å². The van der Waals surface area contributed by atoms with Gasteiger partial charge < -0.3 is 10.1 Å². The minimum atomic E-state index is -0.300. The molecule has 0 saturated carbocycles. The minimum Gasteiger partial charge on any atom is -0.493 e. The van der Waals surface area contributed by atoms with Crippen LogP contribution < -0.4 is 15.4 Å². The summed E-state index contributed by atoms with van der Waals surface area (Å²) in [5, 5.41) is 16.5. The number of nitrogens with one attached hydrogen (secondary N) is 2. The molecule has 32 heavy (non-hydrogen) atoms. The standard InChI is InChI=1S/C25H31N3O2S2/c1-15(2)14-30-18-9-6-16(7-10-18)22(29)27-24(31)28-23-20(13-26)19-11-8-17(25(3,4)5)12-21(19)32-23/h6-7,9-10,15,17H,8,11-12,14H2,1-5H3,(H2,27,28,29,31)/t17-/m0/s1. The van der Waals surface area contributed by atoms with Crippen LogP contribution in [-0.2, 0) is 12.8 Å². The molecule has 7 heteroatoms. The molecule has 1 aliphatic carbocycles. The number of anilines is 1. The normalized spacial score (nSPS) is 15.6. The Morgan fingerprint density at radius 1 is 1.31 bits per heavy atom. The molecule has 0 radical (unpaired) electrons. The predicted molar refractivity (Wildman–Crippen MR) is 134 cm³/mol. The first kappa shape index (κ1) is 24.2. The van der Waals surface area contributed by atoms with Crippen molar-refractivity contribution in [2.45, 2.75) is 53.9 Å². The van der Waals surface area contributed by atoms with Crippen molar-refractivity contribution in [3.63, 3.8) is 0 Å². The third-order valence-corrected chi connectivity index (χ3v) is 7.13. The summed E-state index contributed by atoms with van der Waals surface area (Å²) in [4.78, 5) is 13.8. The number of ether oxygens (including phenoxy) is 1. The molecule has 3 rings (SSSR count). The zero-order chi connectivity index (χ0) is 23.5. The van der Waals surface area contributed by atoms with Gasteiger partial charge in [-0.2, -0.15) is 5.26 Å². The molecule has 170 valence electrons. The summed E-state index contributed by atoms with van der Waals surface area (Å²) in [6.07, 6.45) is 2.96. The van der Waals surface area contributed by atoms with Crippen molar-refractivity contribution in [2.75, 3.05) is 11.9 Å². The quantitative estimate of drug-likeness (QED) is 0.531. The maximum Gasteiger partial charge on any atom is 0.257 e. The molecule has 1 amide bonds. The van der Waals surface area contributed by atoms with E-state index in [9.17, 15) is 10.1 Å². The van der Waals surface area contributed by atoms with E-state index in [0.29, 0.717) is 29.6 Å². The number of amides is 1. The highest BCUT2D eigenvalue weighted by Crippen LogP contribution is 2.43. The number of fused-ring (bicyclic) bond motifs is 1. The lowest BCUT2D eigenvalue weighted by Gasteiger charge is -2.33. The SMILES string of the molecule is CC(C)COc1ccc(C(=O)NC(=S)Nc2sc3c(c2C#N)CC[C@H](C(C)(C)C)C3)cc1. The number of thiocarbonyl (C=S) groups is 1. The van der Waals surface area contributed by atoms with Gasteiger partial charge in [-0.05, 0) is 78.6 Å². The number of hydrogen-bond acceptors (Lipinski definition) is 5. The Morgan fingerprint density at radius 3 is 2.59 bits per heavy atom. The van der Waals surface area contributed by atoms with Crippen LogP contribution in [0.1, 0.15) is 67.4 Å². The molecule has 1 aliphatic rings. The summed E-state index contributed by atoms with van der Waals surface area (Å²) < 4.78 is 5.66. The van der Waals surface area contributed by atoms with Crippen LogP contribution in [0.5, 0.6) is 5.75 Å². The Balaban J connectivity index is 1.64. The number of rotatable bonds is 5. The molecule has 1 aromatic carbocycles. The van der Waals surface area contributed by atoms with E-state index in [-0.39, 0.29) is 16.4 Å². The average molecular weight is 470 g/mol. The van der Waals surface area contributed by atoms with Crippen molar-refractivity contribution in [3.8, 4) is 11.8 Å². The summed E-state index contributed by atoms with van der Waals surface area (Å²) in [6.45, 7) is 11.6. The number of hydrogen-bond donors (Lipinski definition) is 2. The molecule has 0 spiro atoms. The van der Waals surface area contributed by atoms with Gasteiger partial charge >= 0.3 is 0 Å². The number of thiophene rings is 1. The summed E-state index contributed by atoms with van der Waals surface area (Å²) in [5.41, 5.74) is 2.51. The summed E-state index contributed by atoms with van der Waals surface area (Å²) in [5.74, 6) is 1.45. The average Bonchev–Trinajstić information content (AvgIpc) is 3.07. The molecule has 1 aromatic heterocycles. The van der Waals surface area contributed by atoms with Crippen molar-refractivity contribution < 1.29 is 9.53 Å². The summed E-state index contributed by atoms with van der Waals surface area (Å²) >= 11 is 6.95. The van der Waals surface area contributed by atoms with E-state index in [4.69, 9.17) is 17.0 Å². The molecule has 1 atom stereocenters. The fourth-order valence-corrected chi connectivity index (χ4v) is 5.35. The zero-order valence-corrected chi connectivity index (χ0v) is 21.0. The number of nitriles is 1. The van der Waals surface area contributed by atoms with E-state index in [2.05, 4.69) is 51.3 Å². The highest BCUT2D eigenvalue weighted by molar-refractivity contribution is 7.80. The number of benzene rings is 1. The topological polar surface area (TPSA) is 74.2 Å². The largest absolute Gasteiger partial charge is 0.493 e. The van der Waals surface area contributed by atoms with E-state index in [0.717, 1.165) is 35.6 Å². The Kier molecular flexibility index (Phi) is 7.58. The Morgan fingerprint density at radius 2 is 2.00 bits per heavy atom. The van der Waals surface area contributed by atoms with Crippen LogP contribution >= 0.6 is 23.6 Å². The second-order valence-electron chi connectivity index (χ2n) is 9.76. The molecular weight excluding hydrogens is 438 g/mol. The maximum absolute atomic E-state index is 12.6. The van der Waals surface area contributed by atoms with Crippen LogP contribution in [0.3, 0.4) is 0 Å². The summed E-state index contributed by atoms with van der Waals surface area (Å²) in [7, 11) is 0. The van der Waals surface area contributed by atoms with Gasteiger partial charge in [0.15, 0.2) is 5.11 Å². The van der Waals surface area contributed by atoms with Crippen LogP contribution in [0.25, 0.3) is 0 Å². The van der Waals surface area contributed by atoms with Gasteiger partial charge in [-0.25, -0.2) is 0 Å². The Hall–Kier alpha value is -2.43. The van der Waals surface area contributed by atoms with Crippen LogP contribution in [0.2, 0.25) is 0 Å². The van der Waals surface area contributed by atoms with Gasteiger partial charge in [0, 0.05) is 10.4 Å². The van der Waals surface area contributed by atoms with E-state index >= 15 is 0 Å².